The van der Waals surface area contributed by atoms with Gasteiger partial charge in [0.25, 0.3) is 0 Å². The van der Waals surface area contributed by atoms with Crippen molar-refractivity contribution in [2.45, 2.75) is 17.6 Å². The van der Waals surface area contributed by atoms with Gasteiger partial charge >= 0.3 is 6.18 Å². The fourth-order valence-corrected chi connectivity index (χ4v) is 4.17. The van der Waals surface area contributed by atoms with Crippen molar-refractivity contribution in [3.05, 3.63) is 59.7 Å². The summed E-state index contributed by atoms with van der Waals surface area (Å²) < 4.78 is 69.7. The zero-order valence-electron chi connectivity index (χ0n) is 14.4. The number of anilines is 1. The number of hydrogen-bond donors (Lipinski definition) is 1. The molecule has 0 amide bonds. The smallest absolute Gasteiger partial charge is 0.381 e. The number of sulfonamides is 1. The first-order chi connectivity index (χ1) is 12.8. The maximum atomic E-state index is 12.7. The molecule has 27 heavy (non-hydrogen) atoms. The van der Waals surface area contributed by atoms with E-state index < -0.39 is 21.8 Å². The summed E-state index contributed by atoms with van der Waals surface area (Å²) in [6.45, 7) is 1.63. The molecule has 1 aliphatic rings. The maximum absolute atomic E-state index is 12.7. The third kappa shape index (κ3) is 4.79. The van der Waals surface area contributed by atoms with E-state index in [0.29, 0.717) is 37.6 Å². The fraction of sp³-hybridized carbons (Fsp3) is 0.333. The topological polar surface area (TPSA) is 58.6 Å². The molecular formula is C18H19F3N2O3S. The molecular weight excluding hydrogens is 381 g/mol. The van der Waals surface area contributed by atoms with Crippen LogP contribution in [0.5, 0.6) is 0 Å². The lowest BCUT2D eigenvalue weighted by molar-refractivity contribution is -0.137. The van der Waals surface area contributed by atoms with E-state index in [4.69, 9.17) is 4.74 Å². The molecule has 0 unspecified atom stereocenters. The molecule has 1 fully saturated rings. The first kappa shape index (κ1) is 19.7. The van der Waals surface area contributed by atoms with Crippen LogP contribution in [0.4, 0.5) is 18.9 Å². The lowest BCUT2D eigenvalue weighted by Gasteiger charge is -2.26. The minimum Gasteiger partial charge on any atom is -0.381 e. The third-order valence-electron chi connectivity index (χ3n) is 4.22. The molecule has 0 bridgehead atoms. The van der Waals surface area contributed by atoms with Crippen molar-refractivity contribution in [1.82, 2.24) is 4.31 Å². The van der Waals surface area contributed by atoms with E-state index in [0.717, 1.165) is 12.1 Å². The van der Waals surface area contributed by atoms with E-state index in [2.05, 4.69) is 5.32 Å². The average molecular weight is 400 g/mol. The van der Waals surface area contributed by atoms with Crippen LogP contribution < -0.4 is 5.32 Å². The zero-order valence-corrected chi connectivity index (χ0v) is 15.2. The van der Waals surface area contributed by atoms with Gasteiger partial charge in [0.1, 0.15) is 0 Å². The second-order valence-electron chi connectivity index (χ2n) is 6.09. The Morgan fingerprint density at radius 3 is 2.33 bits per heavy atom. The Hall–Kier alpha value is -2.10. The number of morpholine rings is 1. The molecule has 0 atom stereocenters. The highest BCUT2D eigenvalue weighted by atomic mass is 32.2. The Balaban J connectivity index is 1.69. The van der Waals surface area contributed by atoms with Crippen molar-refractivity contribution in [3.8, 4) is 0 Å². The van der Waals surface area contributed by atoms with Crippen LogP contribution in [0.3, 0.4) is 0 Å². The number of nitrogens with zero attached hydrogens (tertiary/aromatic N) is 1. The van der Waals surface area contributed by atoms with E-state index >= 15 is 0 Å². The van der Waals surface area contributed by atoms with Crippen molar-refractivity contribution in [2.24, 2.45) is 0 Å². The van der Waals surface area contributed by atoms with Crippen molar-refractivity contribution in [3.63, 3.8) is 0 Å². The molecule has 0 aliphatic carbocycles. The maximum Gasteiger partial charge on any atom is 0.416 e. The molecule has 1 saturated heterocycles. The normalized spacial score (nSPS) is 16.3. The predicted octanol–water partition coefficient (Wildman–Crippen LogP) is 3.34. The molecule has 5 nitrogen and oxygen atoms in total. The molecule has 9 heteroatoms. The molecule has 1 aliphatic heterocycles. The molecule has 0 saturated carbocycles. The second-order valence-corrected chi connectivity index (χ2v) is 8.03. The Morgan fingerprint density at radius 1 is 1.04 bits per heavy atom. The number of hydrogen-bond acceptors (Lipinski definition) is 4. The van der Waals surface area contributed by atoms with Crippen molar-refractivity contribution >= 4 is 15.7 Å². The molecule has 1 heterocycles. The Kier molecular flexibility index (Phi) is 5.73. The highest BCUT2D eigenvalue weighted by Crippen LogP contribution is 2.29. The summed E-state index contributed by atoms with van der Waals surface area (Å²) in [7, 11) is -3.60. The SMILES string of the molecule is O=S(=O)(c1cccc(NCc2ccc(C(F)(F)F)cc2)c1)N1CCOCC1. The van der Waals surface area contributed by atoms with Gasteiger partial charge in [0, 0.05) is 25.3 Å². The van der Waals surface area contributed by atoms with E-state index in [1.54, 1.807) is 12.1 Å². The summed E-state index contributed by atoms with van der Waals surface area (Å²) >= 11 is 0. The van der Waals surface area contributed by atoms with Crippen LogP contribution in [0.2, 0.25) is 0 Å². The summed E-state index contributed by atoms with van der Waals surface area (Å²) in [5.74, 6) is 0. The van der Waals surface area contributed by atoms with Crippen molar-refractivity contribution in [2.75, 3.05) is 31.6 Å². The fourth-order valence-electron chi connectivity index (χ4n) is 2.72. The first-order valence-corrected chi connectivity index (χ1v) is 9.79. The summed E-state index contributed by atoms with van der Waals surface area (Å²) in [6, 6.07) is 11.2. The number of ether oxygens (including phenoxy) is 1. The summed E-state index contributed by atoms with van der Waals surface area (Å²) in [6.07, 6.45) is -4.37. The second kappa shape index (κ2) is 7.87. The minimum absolute atomic E-state index is 0.168. The first-order valence-electron chi connectivity index (χ1n) is 8.35. The van der Waals surface area contributed by atoms with Gasteiger partial charge in [0.05, 0.1) is 23.7 Å². The van der Waals surface area contributed by atoms with Gasteiger partial charge in [-0.1, -0.05) is 18.2 Å². The van der Waals surface area contributed by atoms with E-state index in [1.807, 2.05) is 0 Å². The summed E-state index contributed by atoms with van der Waals surface area (Å²) in [4.78, 5) is 0.168. The van der Waals surface area contributed by atoms with Gasteiger partial charge in [0.2, 0.25) is 10.0 Å². The van der Waals surface area contributed by atoms with Crippen LogP contribution in [0.1, 0.15) is 11.1 Å². The van der Waals surface area contributed by atoms with Gasteiger partial charge in [-0.3, -0.25) is 0 Å². The quantitative estimate of drug-likeness (QED) is 0.837. The van der Waals surface area contributed by atoms with Gasteiger partial charge in [0.15, 0.2) is 0 Å². The van der Waals surface area contributed by atoms with Gasteiger partial charge in [-0.15, -0.1) is 0 Å². The van der Waals surface area contributed by atoms with Crippen molar-refractivity contribution in [1.29, 1.82) is 0 Å². The number of halogens is 3. The van der Waals surface area contributed by atoms with Crippen LogP contribution in [0.15, 0.2) is 53.4 Å². The molecule has 146 valence electrons. The van der Waals surface area contributed by atoms with E-state index in [-0.39, 0.29) is 11.4 Å². The Morgan fingerprint density at radius 2 is 1.70 bits per heavy atom. The number of benzene rings is 2. The standard InChI is InChI=1S/C18H19F3N2O3S/c19-18(20,21)15-6-4-14(5-7-15)13-22-16-2-1-3-17(12-16)27(24,25)23-8-10-26-11-9-23/h1-7,12,22H,8-11,13H2. The molecule has 2 aromatic rings. The zero-order chi connectivity index (χ0) is 19.5. The molecule has 2 aromatic carbocycles. The summed E-state index contributed by atoms with van der Waals surface area (Å²) in [5, 5.41) is 3.05. The highest BCUT2D eigenvalue weighted by Gasteiger charge is 2.30. The van der Waals surface area contributed by atoms with Crippen LogP contribution in [-0.2, 0) is 27.5 Å². The monoisotopic (exact) mass is 400 g/mol. The number of nitrogens with one attached hydrogen (secondary N) is 1. The number of rotatable bonds is 5. The lowest BCUT2D eigenvalue weighted by Crippen LogP contribution is -2.40. The Bertz CT molecular complexity index is 877. The Labute approximate surface area is 155 Å². The third-order valence-corrected chi connectivity index (χ3v) is 6.11. The van der Waals surface area contributed by atoms with Crippen molar-refractivity contribution < 1.29 is 26.3 Å². The van der Waals surface area contributed by atoms with Crippen LogP contribution >= 0.6 is 0 Å². The molecule has 0 aromatic heterocycles. The van der Waals surface area contributed by atoms with Gasteiger partial charge < -0.3 is 10.1 Å². The summed E-state index contributed by atoms with van der Waals surface area (Å²) in [5.41, 5.74) is 0.526. The van der Waals surface area contributed by atoms with Crippen LogP contribution in [-0.4, -0.2) is 39.0 Å². The average Bonchev–Trinajstić information content (AvgIpc) is 2.67. The van der Waals surface area contributed by atoms with Crippen LogP contribution in [0, 0.1) is 0 Å². The van der Waals surface area contributed by atoms with E-state index in [9.17, 15) is 21.6 Å². The molecule has 1 N–H and O–H groups in total. The predicted molar refractivity (Wildman–Crippen MR) is 94.8 cm³/mol. The highest BCUT2D eigenvalue weighted by molar-refractivity contribution is 7.89. The molecule has 0 radical (unpaired) electrons. The largest absolute Gasteiger partial charge is 0.416 e. The van der Waals surface area contributed by atoms with E-state index in [1.165, 1.54) is 28.6 Å². The van der Waals surface area contributed by atoms with Gasteiger partial charge in [-0.05, 0) is 35.9 Å². The lowest BCUT2D eigenvalue weighted by atomic mass is 10.1. The minimum atomic E-state index is -4.37. The van der Waals surface area contributed by atoms with Gasteiger partial charge in [-0.25, -0.2) is 8.42 Å². The molecule has 0 spiro atoms. The van der Waals surface area contributed by atoms with Crippen LogP contribution in [0.25, 0.3) is 0 Å². The molecule has 3 rings (SSSR count). The van der Waals surface area contributed by atoms with Gasteiger partial charge in [-0.2, -0.15) is 17.5 Å². The number of alkyl halides is 3.